The van der Waals surface area contributed by atoms with Crippen LogP contribution in [-0.4, -0.2) is 25.9 Å². The second-order valence-corrected chi connectivity index (χ2v) is 4.58. The summed E-state index contributed by atoms with van der Waals surface area (Å²) in [4.78, 5) is 0. The van der Waals surface area contributed by atoms with E-state index in [1.807, 2.05) is 32.0 Å². The van der Waals surface area contributed by atoms with Gasteiger partial charge in [0.2, 0.25) is 0 Å². The maximum absolute atomic E-state index is 5.59. The SMILES string of the molecule is COc1cccc(CC(NN)C(C)(C)OC)c1. The number of rotatable bonds is 6. The van der Waals surface area contributed by atoms with Crippen molar-refractivity contribution < 1.29 is 9.47 Å². The molecule has 1 rings (SSSR count). The average Bonchev–Trinajstić information content (AvgIpc) is 2.36. The fraction of sp³-hybridized carbons (Fsp3) is 0.538. The lowest BCUT2D eigenvalue weighted by atomic mass is 9.92. The highest BCUT2D eigenvalue weighted by atomic mass is 16.5. The van der Waals surface area contributed by atoms with Gasteiger partial charge in [-0.1, -0.05) is 12.1 Å². The summed E-state index contributed by atoms with van der Waals surface area (Å²) < 4.78 is 10.6. The molecule has 17 heavy (non-hydrogen) atoms. The van der Waals surface area contributed by atoms with E-state index in [0.29, 0.717) is 0 Å². The fourth-order valence-corrected chi connectivity index (χ4v) is 1.68. The number of hydrogen-bond acceptors (Lipinski definition) is 4. The smallest absolute Gasteiger partial charge is 0.119 e. The molecule has 0 spiro atoms. The van der Waals surface area contributed by atoms with E-state index in [1.54, 1.807) is 14.2 Å². The van der Waals surface area contributed by atoms with Crippen LogP contribution in [0.15, 0.2) is 24.3 Å². The first-order chi connectivity index (χ1) is 8.03. The van der Waals surface area contributed by atoms with Gasteiger partial charge < -0.3 is 9.47 Å². The molecule has 0 bridgehead atoms. The van der Waals surface area contributed by atoms with Crippen molar-refractivity contribution >= 4 is 0 Å². The highest BCUT2D eigenvalue weighted by Gasteiger charge is 2.28. The highest BCUT2D eigenvalue weighted by molar-refractivity contribution is 5.29. The largest absolute Gasteiger partial charge is 0.497 e. The minimum atomic E-state index is -0.322. The lowest BCUT2D eigenvalue weighted by molar-refractivity contribution is -0.0101. The first kappa shape index (κ1) is 14.0. The zero-order valence-electron chi connectivity index (χ0n) is 11.0. The summed E-state index contributed by atoms with van der Waals surface area (Å²) in [6, 6.07) is 8.01. The van der Waals surface area contributed by atoms with Gasteiger partial charge in [-0.25, -0.2) is 0 Å². The molecule has 1 aromatic carbocycles. The Kier molecular flexibility index (Phi) is 4.93. The van der Waals surface area contributed by atoms with Crippen LogP contribution in [0.5, 0.6) is 5.75 Å². The molecule has 4 heteroatoms. The summed E-state index contributed by atoms with van der Waals surface area (Å²) >= 11 is 0. The number of hydrogen-bond donors (Lipinski definition) is 2. The van der Waals surface area contributed by atoms with Gasteiger partial charge in [0.25, 0.3) is 0 Å². The van der Waals surface area contributed by atoms with E-state index in [2.05, 4.69) is 11.5 Å². The molecule has 0 amide bonds. The lowest BCUT2D eigenvalue weighted by Gasteiger charge is -2.32. The number of nitrogens with one attached hydrogen (secondary N) is 1. The van der Waals surface area contributed by atoms with Crippen molar-refractivity contribution in [3.05, 3.63) is 29.8 Å². The Hall–Kier alpha value is -1.10. The van der Waals surface area contributed by atoms with Gasteiger partial charge in [-0.3, -0.25) is 11.3 Å². The van der Waals surface area contributed by atoms with Crippen LogP contribution < -0.4 is 16.0 Å². The molecule has 0 aliphatic heterocycles. The van der Waals surface area contributed by atoms with Crippen LogP contribution in [0, 0.1) is 0 Å². The second kappa shape index (κ2) is 6.00. The van der Waals surface area contributed by atoms with Crippen molar-refractivity contribution in [3.63, 3.8) is 0 Å². The molecule has 4 nitrogen and oxygen atoms in total. The van der Waals surface area contributed by atoms with Gasteiger partial charge in [0.15, 0.2) is 0 Å². The number of nitrogens with two attached hydrogens (primary N) is 1. The van der Waals surface area contributed by atoms with Crippen molar-refractivity contribution in [2.24, 2.45) is 5.84 Å². The summed E-state index contributed by atoms with van der Waals surface area (Å²) in [5.74, 6) is 6.45. The normalized spacial score (nSPS) is 13.5. The van der Waals surface area contributed by atoms with E-state index in [4.69, 9.17) is 15.3 Å². The van der Waals surface area contributed by atoms with Crippen molar-refractivity contribution in [1.29, 1.82) is 0 Å². The first-order valence-corrected chi connectivity index (χ1v) is 5.67. The topological polar surface area (TPSA) is 56.5 Å². The van der Waals surface area contributed by atoms with Crippen LogP contribution in [0.4, 0.5) is 0 Å². The Bertz CT molecular complexity index is 353. The maximum Gasteiger partial charge on any atom is 0.119 e. The van der Waals surface area contributed by atoms with Crippen molar-refractivity contribution in [2.75, 3.05) is 14.2 Å². The molecular weight excluding hydrogens is 216 g/mol. The van der Waals surface area contributed by atoms with E-state index in [1.165, 1.54) is 0 Å². The number of benzene rings is 1. The molecule has 0 aliphatic carbocycles. The number of ether oxygens (including phenoxy) is 2. The zero-order valence-corrected chi connectivity index (χ0v) is 11.0. The van der Waals surface area contributed by atoms with Crippen LogP contribution in [0.25, 0.3) is 0 Å². The van der Waals surface area contributed by atoms with Crippen LogP contribution in [0.2, 0.25) is 0 Å². The molecule has 0 radical (unpaired) electrons. The Labute approximate surface area is 103 Å². The lowest BCUT2D eigenvalue weighted by Crippen LogP contribution is -2.52. The van der Waals surface area contributed by atoms with E-state index >= 15 is 0 Å². The third-order valence-corrected chi connectivity index (χ3v) is 3.14. The fourth-order valence-electron chi connectivity index (χ4n) is 1.68. The molecule has 1 aromatic rings. The molecular formula is C13H22N2O2. The minimum Gasteiger partial charge on any atom is -0.497 e. The molecule has 1 unspecified atom stereocenters. The van der Waals surface area contributed by atoms with Crippen molar-refractivity contribution in [2.45, 2.75) is 31.9 Å². The molecule has 96 valence electrons. The van der Waals surface area contributed by atoms with Gasteiger partial charge >= 0.3 is 0 Å². The summed E-state index contributed by atoms with van der Waals surface area (Å²) in [5, 5.41) is 0. The second-order valence-electron chi connectivity index (χ2n) is 4.58. The van der Waals surface area contributed by atoms with E-state index in [9.17, 15) is 0 Å². The van der Waals surface area contributed by atoms with E-state index < -0.39 is 0 Å². The van der Waals surface area contributed by atoms with E-state index in [0.717, 1.165) is 17.7 Å². The van der Waals surface area contributed by atoms with Crippen LogP contribution in [0.1, 0.15) is 19.4 Å². The number of hydrazine groups is 1. The van der Waals surface area contributed by atoms with Gasteiger partial charge in [0, 0.05) is 7.11 Å². The first-order valence-electron chi connectivity index (χ1n) is 5.67. The zero-order chi connectivity index (χ0) is 12.9. The molecule has 0 heterocycles. The van der Waals surface area contributed by atoms with Crippen molar-refractivity contribution in [3.8, 4) is 5.75 Å². The summed E-state index contributed by atoms with van der Waals surface area (Å²) in [6.07, 6.45) is 0.786. The standard InChI is InChI=1S/C13H22N2O2/c1-13(2,17-4)12(15-14)9-10-6-5-7-11(8-10)16-3/h5-8,12,15H,9,14H2,1-4H3. The van der Waals surface area contributed by atoms with Crippen LogP contribution >= 0.6 is 0 Å². The van der Waals surface area contributed by atoms with Crippen LogP contribution in [-0.2, 0) is 11.2 Å². The van der Waals surface area contributed by atoms with E-state index in [-0.39, 0.29) is 11.6 Å². The molecule has 0 aliphatic rings. The number of methoxy groups -OCH3 is 2. The Balaban J connectivity index is 2.80. The molecule has 0 saturated heterocycles. The Morgan fingerprint density at radius 2 is 2.06 bits per heavy atom. The predicted octanol–water partition coefficient (Wildman–Crippen LogP) is 1.49. The van der Waals surface area contributed by atoms with Gasteiger partial charge in [-0.05, 0) is 38.0 Å². The molecule has 3 N–H and O–H groups in total. The Morgan fingerprint density at radius 1 is 1.35 bits per heavy atom. The monoisotopic (exact) mass is 238 g/mol. The molecule has 1 atom stereocenters. The summed E-state index contributed by atoms with van der Waals surface area (Å²) in [7, 11) is 3.35. The maximum atomic E-state index is 5.59. The van der Waals surface area contributed by atoms with Gasteiger partial charge in [-0.15, -0.1) is 0 Å². The van der Waals surface area contributed by atoms with Crippen LogP contribution in [0.3, 0.4) is 0 Å². The molecule has 0 aromatic heterocycles. The predicted molar refractivity (Wildman–Crippen MR) is 68.9 cm³/mol. The molecule has 0 fully saturated rings. The quantitative estimate of drug-likeness (QED) is 0.582. The minimum absolute atomic E-state index is 0.0413. The van der Waals surface area contributed by atoms with Crippen molar-refractivity contribution in [1.82, 2.24) is 5.43 Å². The average molecular weight is 238 g/mol. The van der Waals surface area contributed by atoms with Gasteiger partial charge in [0.05, 0.1) is 18.8 Å². The highest BCUT2D eigenvalue weighted by Crippen LogP contribution is 2.20. The van der Waals surface area contributed by atoms with Gasteiger partial charge in [0.1, 0.15) is 5.75 Å². The molecule has 0 saturated carbocycles. The summed E-state index contributed by atoms with van der Waals surface area (Å²) in [5.41, 5.74) is 3.66. The third-order valence-electron chi connectivity index (χ3n) is 3.14. The van der Waals surface area contributed by atoms with Gasteiger partial charge in [-0.2, -0.15) is 0 Å². The summed E-state index contributed by atoms with van der Waals surface area (Å²) in [6.45, 7) is 4.02. The third kappa shape index (κ3) is 3.70. The Morgan fingerprint density at radius 3 is 2.59 bits per heavy atom.